The molecule has 1 rings (SSSR count). The third-order valence-electron chi connectivity index (χ3n) is 1.97. The average Bonchev–Trinajstić information content (AvgIpc) is 1.61. The molecule has 1 saturated heterocycles. The summed E-state index contributed by atoms with van der Waals surface area (Å²) in [5.74, 6) is 0.602. The first-order valence-corrected chi connectivity index (χ1v) is 3.55. The summed E-state index contributed by atoms with van der Waals surface area (Å²) in [5.41, 5.74) is 0. The van der Waals surface area contributed by atoms with E-state index < -0.39 is 0 Å². The number of aliphatic hydroxyl groups is 1. The van der Waals surface area contributed by atoms with Crippen LogP contribution in [0.4, 0.5) is 0 Å². The highest BCUT2D eigenvalue weighted by Crippen LogP contribution is 2.25. The van der Waals surface area contributed by atoms with Gasteiger partial charge >= 0.3 is 0 Å². The first-order chi connectivity index (χ1) is 4.25. The van der Waals surface area contributed by atoms with Crippen LogP contribution in [0.1, 0.15) is 20.3 Å². The number of ether oxygens (including phenoxy) is 1. The molecule has 0 aromatic heterocycles. The Morgan fingerprint density at radius 3 is 2.56 bits per heavy atom. The van der Waals surface area contributed by atoms with Gasteiger partial charge in [0.25, 0.3) is 0 Å². The van der Waals surface area contributed by atoms with Crippen LogP contribution in [0.25, 0.3) is 0 Å². The molecule has 0 amide bonds. The van der Waals surface area contributed by atoms with Crippen LogP contribution >= 0.6 is 0 Å². The molecule has 1 fully saturated rings. The van der Waals surface area contributed by atoms with Gasteiger partial charge in [-0.25, -0.2) is 0 Å². The van der Waals surface area contributed by atoms with Gasteiger partial charge < -0.3 is 9.84 Å². The lowest BCUT2D eigenvalue weighted by atomic mass is 9.92. The SMILES string of the molecule is CCC1COC1C(C)O. The molecule has 0 radical (unpaired) electrons. The van der Waals surface area contributed by atoms with E-state index in [0.29, 0.717) is 5.92 Å². The zero-order chi connectivity index (χ0) is 6.85. The number of aliphatic hydroxyl groups excluding tert-OH is 1. The van der Waals surface area contributed by atoms with Crippen molar-refractivity contribution in [1.82, 2.24) is 0 Å². The van der Waals surface area contributed by atoms with Crippen LogP contribution in [0.2, 0.25) is 0 Å². The van der Waals surface area contributed by atoms with Crippen LogP contribution in [0.15, 0.2) is 0 Å². The molecular weight excluding hydrogens is 116 g/mol. The van der Waals surface area contributed by atoms with Gasteiger partial charge in [0.2, 0.25) is 0 Å². The molecule has 0 aliphatic carbocycles. The number of rotatable bonds is 2. The van der Waals surface area contributed by atoms with E-state index in [1.165, 1.54) is 0 Å². The summed E-state index contributed by atoms with van der Waals surface area (Å²) in [6.07, 6.45) is 0.953. The summed E-state index contributed by atoms with van der Waals surface area (Å²) in [6.45, 7) is 4.75. The monoisotopic (exact) mass is 130 g/mol. The predicted octanol–water partition coefficient (Wildman–Crippen LogP) is 0.792. The van der Waals surface area contributed by atoms with E-state index in [4.69, 9.17) is 9.84 Å². The van der Waals surface area contributed by atoms with E-state index >= 15 is 0 Å². The molecule has 0 saturated carbocycles. The van der Waals surface area contributed by atoms with Crippen molar-refractivity contribution >= 4 is 0 Å². The van der Waals surface area contributed by atoms with Gasteiger partial charge in [-0.15, -0.1) is 0 Å². The van der Waals surface area contributed by atoms with Crippen molar-refractivity contribution in [2.24, 2.45) is 5.92 Å². The van der Waals surface area contributed by atoms with Crippen molar-refractivity contribution in [1.29, 1.82) is 0 Å². The highest BCUT2D eigenvalue weighted by Gasteiger charge is 2.33. The zero-order valence-electron chi connectivity index (χ0n) is 6.00. The standard InChI is InChI=1S/C7H14O2/c1-3-6-4-9-7(6)5(2)8/h5-8H,3-4H2,1-2H3. The largest absolute Gasteiger partial charge is 0.391 e. The number of hydrogen-bond acceptors (Lipinski definition) is 2. The minimum Gasteiger partial charge on any atom is -0.391 e. The minimum atomic E-state index is -0.288. The van der Waals surface area contributed by atoms with Gasteiger partial charge in [-0.3, -0.25) is 0 Å². The van der Waals surface area contributed by atoms with Crippen LogP contribution < -0.4 is 0 Å². The Kier molecular flexibility index (Phi) is 2.09. The quantitative estimate of drug-likeness (QED) is 0.599. The summed E-state index contributed by atoms with van der Waals surface area (Å²) in [7, 11) is 0. The van der Waals surface area contributed by atoms with E-state index in [-0.39, 0.29) is 12.2 Å². The normalized spacial score (nSPS) is 37.7. The van der Waals surface area contributed by atoms with Gasteiger partial charge in [0, 0.05) is 5.92 Å². The van der Waals surface area contributed by atoms with Crippen LogP contribution in [0, 0.1) is 5.92 Å². The molecule has 2 nitrogen and oxygen atoms in total. The second kappa shape index (κ2) is 2.67. The molecule has 1 heterocycles. The fraction of sp³-hybridized carbons (Fsp3) is 1.00. The molecular formula is C7H14O2. The molecule has 0 spiro atoms. The fourth-order valence-electron chi connectivity index (χ4n) is 1.23. The van der Waals surface area contributed by atoms with E-state index in [1.54, 1.807) is 6.92 Å². The Hall–Kier alpha value is -0.0800. The van der Waals surface area contributed by atoms with E-state index in [2.05, 4.69) is 6.92 Å². The molecule has 0 aromatic rings. The summed E-state index contributed by atoms with van der Waals surface area (Å²) < 4.78 is 5.15. The van der Waals surface area contributed by atoms with Crippen molar-refractivity contribution in [3.63, 3.8) is 0 Å². The van der Waals surface area contributed by atoms with Gasteiger partial charge in [0.05, 0.1) is 18.8 Å². The Morgan fingerprint density at radius 1 is 1.78 bits per heavy atom. The summed E-state index contributed by atoms with van der Waals surface area (Å²) in [6, 6.07) is 0. The second-order valence-electron chi connectivity index (χ2n) is 2.71. The van der Waals surface area contributed by atoms with Crippen molar-refractivity contribution in [2.75, 3.05) is 6.61 Å². The molecule has 3 atom stereocenters. The van der Waals surface area contributed by atoms with Crippen LogP contribution in [-0.2, 0) is 4.74 Å². The third-order valence-corrected chi connectivity index (χ3v) is 1.97. The van der Waals surface area contributed by atoms with Crippen molar-refractivity contribution in [3.8, 4) is 0 Å². The molecule has 1 aliphatic rings. The summed E-state index contributed by atoms with van der Waals surface area (Å²) in [5, 5.41) is 9.05. The Bertz CT molecular complexity index is 88.9. The molecule has 3 unspecified atom stereocenters. The van der Waals surface area contributed by atoms with Crippen LogP contribution in [-0.4, -0.2) is 23.9 Å². The summed E-state index contributed by atoms with van der Waals surface area (Å²) >= 11 is 0. The van der Waals surface area contributed by atoms with Crippen LogP contribution in [0.5, 0.6) is 0 Å². The van der Waals surface area contributed by atoms with Crippen LogP contribution in [0.3, 0.4) is 0 Å². The molecule has 0 bridgehead atoms. The lowest BCUT2D eigenvalue weighted by molar-refractivity contribution is -0.162. The average molecular weight is 130 g/mol. The number of hydrogen-bond donors (Lipinski definition) is 1. The summed E-state index contributed by atoms with van der Waals surface area (Å²) in [4.78, 5) is 0. The maximum atomic E-state index is 9.05. The molecule has 2 heteroatoms. The lowest BCUT2D eigenvalue weighted by Crippen LogP contribution is -2.46. The van der Waals surface area contributed by atoms with Crippen molar-refractivity contribution < 1.29 is 9.84 Å². The smallest absolute Gasteiger partial charge is 0.0881 e. The first kappa shape index (κ1) is 7.03. The van der Waals surface area contributed by atoms with E-state index in [1.807, 2.05) is 0 Å². The first-order valence-electron chi connectivity index (χ1n) is 3.55. The molecule has 0 aromatic carbocycles. The Morgan fingerprint density at radius 2 is 2.44 bits per heavy atom. The van der Waals surface area contributed by atoms with Gasteiger partial charge in [-0.2, -0.15) is 0 Å². The van der Waals surface area contributed by atoms with Crippen molar-refractivity contribution in [3.05, 3.63) is 0 Å². The van der Waals surface area contributed by atoms with Crippen molar-refractivity contribution in [2.45, 2.75) is 32.5 Å². The lowest BCUT2D eigenvalue weighted by Gasteiger charge is -2.38. The maximum absolute atomic E-state index is 9.05. The fourth-order valence-corrected chi connectivity index (χ4v) is 1.23. The highest BCUT2D eigenvalue weighted by atomic mass is 16.5. The minimum absolute atomic E-state index is 0.120. The molecule has 1 aliphatic heterocycles. The van der Waals surface area contributed by atoms with Gasteiger partial charge in [-0.1, -0.05) is 6.92 Å². The topological polar surface area (TPSA) is 29.5 Å². The Balaban J connectivity index is 2.27. The molecule has 9 heavy (non-hydrogen) atoms. The third kappa shape index (κ3) is 1.25. The highest BCUT2D eigenvalue weighted by molar-refractivity contribution is 4.81. The van der Waals surface area contributed by atoms with E-state index in [0.717, 1.165) is 13.0 Å². The zero-order valence-corrected chi connectivity index (χ0v) is 6.00. The Labute approximate surface area is 55.8 Å². The molecule has 1 N–H and O–H groups in total. The second-order valence-corrected chi connectivity index (χ2v) is 2.71. The van der Waals surface area contributed by atoms with Gasteiger partial charge in [0.1, 0.15) is 0 Å². The van der Waals surface area contributed by atoms with E-state index in [9.17, 15) is 0 Å². The maximum Gasteiger partial charge on any atom is 0.0881 e. The molecule has 54 valence electrons. The predicted molar refractivity (Wildman–Crippen MR) is 35.2 cm³/mol. The van der Waals surface area contributed by atoms with Gasteiger partial charge in [0.15, 0.2) is 0 Å². The van der Waals surface area contributed by atoms with Gasteiger partial charge in [-0.05, 0) is 13.3 Å².